The minimum absolute atomic E-state index is 0.653. The summed E-state index contributed by atoms with van der Waals surface area (Å²) in [7, 11) is 2.14. The summed E-state index contributed by atoms with van der Waals surface area (Å²) in [5.41, 5.74) is 4.31. The number of hydrogen-bond acceptors (Lipinski definition) is 5. The van der Waals surface area contributed by atoms with Gasteiger partial charge in [0.2, 0.25) is 0 Å². The molecular weight excluding hydrogens is 282 g/mol. The number of aromatic nitrogens is 1. The number of thiazole rings is 1. The number of nitrogens with one attached hydrogen (secondary N) is 1. The maximum atomic E-state index is 5.61. The SMILES string of the molecule is Cc1ncsc1CN(C)Cc1ccoc1CNCC(C)C. The highest BCUT2D eigenvalue weighted by Crippen LogP contribution is 2.18. The topological polar surface area (TPSA) is 41.3 Å². The Balaban J connectivity index is 1.87. The summed E-state index contributed by atoms with van der Waals surface area (Å²) >= 11 is 1.72. The monoisotopic (exact) mass is 307 g/mol. The average Bonchev–Trinajstić information content (AvgIpc) is 3.00. The van der Waals surface area contributed by atoms with Crippen LogP contribution in [0.15, 0.2) is 22.3 Å². The first-order chi connectivity index (χ1) is 10.1. The van der Waals surface area contributed by atoms with E-state index in [0.29, 0.717) is 5.92 Å². The van der Waals surface area contributed by atoms with Crippen LogP contribution >= 0.6 is 11.3 Å². The Morgan fingerprint density at radius 2 is 2.19 bits per heavy atom. The second-order valence-electron chi connectivity index (χ2n) is 5.93. The molecule has 0 aliphatic heterocycles. The van der Waals surface area contributed by atoms with Gasteiger partial charge in [-0.05, 0) is 32.5 Å². The van der Waals surface area contributed by atoms with Gasteiger partial charge in [-0.3, -0.25) is 4.90 Å². The first-order valence-electron chi connectivity index (χ1n) is 7.39. The van der Waals surface area contributed by atoms with E-state index in [2.05, 4.69) is 49.1 Å². The third-order valence-corrected chi connectivity index (χ3v) is 4.29. The van der Waals surface area contributed by atoms with Crippen LogP contribution in [0.25, 0.3) is 0 Å². The van der Waals surface area contributed by atoms with E-state index in [1.165, 1.54) is 10.4 Å². The highest BCUT2D eigenvalue weighted by molar-refractivity contribution is 7.09. The zero-order valence-electron chi connectivity index (χ0n) is 13.3. The van der Waals surface area contributed by atoms with Gasteiger partial charge in [-0.1, -0.05) is 13.8 Å². The molecule has 1 N–H and O–H groups in total. The number of furan rings is 1. The summed E-state index contributed by atoms with van der Waals surface area (Å²) in [6.45, 7) is 10.1. The largest absolute Gasteiger partial charge is 0.468 e. The zero-order valence-corrected chi connectivity index (χ0v) is 14.2. The first kappa shape index (κ1) is 16.2. The molecule has 21 heavy (non-hydrogen) atoms. The Kier molecular flexibility index (Phi) is 5.96. The lowest BCUT2D eigenvalue weighted by Crippen LogP contribution is -2.21. The third-order valence-electron chi connectivity index (χ3n) is 3.37. The van der Waals surface area contributed by atoms with Crippen molar-refractivity contribution in [1.82, 2.24) is 15.2 Å². The van der Waals surface area contributed by atoms with Gasteiger partial charge < -0.3 is 9.73 Å². The number of aryl methyl sites for hydroxylation is 1. The third kappa shape index (κ3) is 4.95. The number of rotatable bonds is 8. The fourth-order valence-electron chi connectivity index (χ4n) is 2.21. The van der Waals surface area contributed by atoms with Crippen LogP contribution in [0.5, 0.6) is 0 Å². The lowest BCUT2D eigenvalue weighted by atomic mass is 10.2. The molecule has 0 aliphatic rings. The fourth-order valence-corrected chi connectivity index (χ4v) is 3.06. The highest BCUT2D eigenvalue weighted by atomic mass is 32.1. The van der Waals surface area contributed by atoms with E-state index in [0.717, 1.165) is 37.6 Å². The highest BCUT2D eigenvalue weighted by Gasteiger charge is 2.11. The summed E-state index contributed by atoms with van der Waals surface area (Å²) in [5.74, 6) is 1.70. The maximum absolute atomic E-state index is 5.61. The van der Waals surface area contributed by atoms with Gasteiger partial charge in [0, 0.05) is 23.5 Å². The van der Waals surface area contributed by atoms with E-state index in [1.54, 1.807) is 17.6 Å². The standard InChI is InChI=1S/C16H25N3OS/c1-12(2)7-17-8-15-14(5-6-20-15)9-19(4)10-16-13(3)18-11-21-16/h5-6,11-12,17H,7-10H2,1-4H3. The van der Waals surface area contributed by atoms with Crippen molar-refractivity contribution in [2.75, 3.05) is 13.6 Å². The average molecular weight is 307 g/mol. The van der Waals surface area contributed by atoms with Gasteiger partial charge in [-0.25, -0.2) is 4.98 Å². The maximum Gasteiger partial charge on any atom is 0.122 e. The van der Waals surface area contributed by atoms with Crippen LogP contribution in [0, 0.1) is 12.8 Å². The summed E-state index contributed by atoms with van der Waals surface area (Å²) in [4.78, 5) is 7.94. The quantitative estimate of drug-likeness (QED) is 0.811. The predicted octanol–water partition coefficient (Wildman–Crippen LogP) is 3.42. The van der Waals surface area contributed by atoms with Gasteiger partial charge in [0.15, 0.2) is 0 Å². The van der Waals surface area contributed by atoms with Crippen LogP contribution in [0.1, 0.15) is 35.7 Å². The van der Waals surface area contributed by atoms with E-state index in [-0.39, 0.29) is 0 Å². The number of nitrogens with zero attached hydrogens (tertiary/aromatic N) is 2. The molecule has 4 nitrogen and oxygen atoms in total. The predicted molar refractivity (Wildman–Crippen MR) is 87.3 cm³/mol. The molecule has 0 radical (unpaired) electrons. The van der Waals surface area contributed by atoms with Crippen molar-refractivity contribution in [3.8, 4) is 0 Å². The molecule has 0 spiro atoms. The van der Waals surface area contributed by atoms with Crippen molar-refractivity contribution in [2.24, 2.45) is 5.92 Å². The Bertz CT molecular complexity index is 547. The Hall–Kier alpha value is -1.17. The lowest BCUT2D eigenvalue weighted by Gasteiger charge is -2.16. The summed E-state index contributed by atoms with van der Waals surface area (Å²) in [5, 5.41) is 3.44. The van der Waals surface area contributed by atoms with Crippen molar-refractivity contribution < 1.29 is 4.42 Å². The molecule has 0 amide bonds. The van der Waals surface area contributed by atoms with Crippen molar-refractivity contribution in [3.63, 3.8) is 0 Å². The molecular formula is C16H25N3OS. The van der Waals surface area contributed by atoms with Crippen LogP contribution < -0.4 is 5.32 Å². The molecule has 0 saturated carbocycles. The van der Waals surface area contributed by atoms with E-state index in [9.17, 15) is 0 Å². The molecule has 2 heterocycles. The Labute approximate surface area is 131 Å². The van der Waals surface area contributed by atoms with Crippen molar-refractivity contribution >= 4 is 11.3 Å². The number of hydrogen-bond donors (Lipinski definition) is 1. The normalized spacial score (nSPS) is 11.7. The van der Waals surface area contributed by atoms with Gasteiger partial charge in [-0.2, -0.15) is 0 Å². The fraction of sp³-hybridized carbons (Fsp3) is 0.562. The molecule has 0 fully saturated rings. The van der Waals surface area contributed by atoms with E-state index in [4.69, 9.17) is 4.42 Å². The van der Waals surface area contributed by atoms with Crippen molar-refractivity contribution in [1.29, 1.82) is 0 Å². The van der Waals surface area contributed by atoms with E-state index >= 15 is 0 Å². The van der Waals surface area contributed by atoms with Gasteiger partial charge in [0.05, 0.1) is 24.0 Å². The first-order valence-corrected chi connectivity index (χ1v) is 8.27. The zero-order chi connectivity index (χ0) is 15.2. The second kappa shape index (κ2) is 7.73. The molecule has 2 aromatic rings. The summed E-state index contributed by atoms with van der Waals surface area (Å²) < 4.78 is 5.61. The van der Waals surface area contributed by atoms with Gasteiger partial charge in [0.1, 0.15) is 5.76 Å². The lowest BCUT2D eigenvalue weighted by molar-refractivity contribution is 0.316. The summed E-state index contributed by atoms with van der Waals surface area (Å²) in [6.07, 6.45) is 1.79. The van der Waals surface area contributed by atoms with Gasteiger partial charge >= 0.3 is 0 Å². The van der Waals surface area contributed by atoms with Crippen LogP contribution in [0.2, 0.25) is 0 Å². The molecule has 0 aromatic carbocycles. The minimum atomic E-state index is 0.653. The minimum Gasteiger partial charge on any atom is -0.468 e. The van der Waals surface area contributed by atoms with Crippen LogP contribution in [0.3, 0.4) is 0 Å². The Morgan fingerprint density at radius 3 is 2.86 bits per heavy atom. The molecule has 5 heteroatoms. The molecule has 0 unspecified atom stereocenters. The smallest absolute Gasteiger partial charge is 0.122 e. The van der Waals surface area contributed by atoms with E-state index < -0.39 is 0 Å². The van der Waals surface area contributed by atoms with Crippen LogP contribution in [-0.4, -0.2) is 23.5 Å². The molecule has 0 bridgehead atoms. The van der Waals surface area contributed by atoms with Crippen molar-refractivity contribution in [2.45, 2.75) is 40.4 Å². The van der Waals surface area contributed by atoms with Gasteiger partial charge in [0.25, 0.3) is 0 Å². The van der Waals surface area contributed by atoms with E-state index in [1.807, 2.05) is 5.51 Å². The molecule has 116 valence electrons. The second-order valence-corrected chi connectivity index (χ2v) is 6.87. The molecule has 0 atom stereocenters. The molecule has 0 aliphatic carbocycles. The molecule has 2 aromatic heterocycles. The summed E-state index contributed by atoms with van der Waals surface area (Å²) in [6, 6.07) is 2.07. The Morgan fingerprint density at radius 1 is 1.38 bits per heavy atom. The van der Waals surface area contributed by atoms with Crippen molar-refractivity contribution in [3.05, 3.63) is 39.7 Å². The van der Waals surface area contributed by atoms with Crippen LogP contribution in [-0.2, 0) is 19.6 Å². The van der Waals surface area contributed by atoms with Gasteiger partial charge in [-0.15, -0.1) is 11.3 Å². The molecule has 2 rings (SSSR count). The van der Waals surface area contributed by atoms with Crippen LogP contribution in [0.4, 0.5) is 0 Å². The molecule has 0 saturated heterocycles.